The molecule has 1 aliphatic carbocycles. The Morgan fingerprint density at radius 1 is 1.40 bits per heavy atom. The van der Waals surface area contributed by atoms with Gasteiger partial charge >= 0.3 is 0 Å². The average molecular weight is 363 g/mol. The minimum absolute atomic E-state index is 0.0643. The van der Waals surface area contributed by atoms with Crippen LogP contribution < -0.4 is 15.2 Å². The number of nitrogens with one attached hydrogen (secondary N) is 1. The van der Waals surface area contributed by atoms with E-state index in [0.717, 1.165) is 12.8 Å². The van der Waals surface area contributed by atoms with Gasteiger partial charge in [-0.05, 0) is 60.7 Å². The van der Waals surface area contributed by atoms with Crippen LogP contribution in [0.4, 0.5) is 5.69 Å². The monoisotopic (exact) mass is 362 g/mol. The number of hydrogen-bond acceptors (Lipinski definition) is 4. The van der Waals surface area contributed by atoms with Crippen LogP contribution in [0.2, 0.25) is 0 Å². The molecule has 0 radical (unpaired) electrons. The van der Waals surface area contributed by atoms with Crippen molar-refractivity contribution < 1.29 is 13.2 Å². The second-order valence-corrected chi connectivity index (χ2v) is 8.13. The van der Waals surface area contributed by atoms with Gasteiger partial charge < -0.3 is 10.5 Å². The minimum Gasteiger partial charge on any atom is -0.495 e. The number of rotatable bonds is 5. The Hall–Kier alpha value is -0.790. The number of sulfonamides is 1. The minimum atomic E-state index is -3.68. The molecule has 7 heteroatoms. The van der Waals surface area contributed by atoms with Crippen LogP contribution in [-0.4, -0.2) is 21.1 Å². The first-order chi connectivity index (χ1) is 9.17. The molecule has 0 aromatic heterocycles. The Morgan fingerprint density at radius 3 is 2.50 bits per heavy atom. The Labute approximate surface area is 128 Å². The largest absolute Gasteiger partial charge is 0.495 e. The third-order valence-electron chi connectivity index (χ3n) is 3.57. The molecule has 0 spiro atoms. The lowest BCUT2D eigenvalue weighted by atomic mass is 10.0. The molecular formula is C13H19BrN2O3S. The molecule has 0 amide bonds. The summed E-state index contributed by atoms with van der Waals surface area (Å²) in [7, 11) is -2.25. The summed E-state index contributed by atoms with van der Waals surface area (Å²) in [5, 5.41) is 0. The highest BCUT2D eigenvalue weighted by molar-refractivity contribution is 9.10. The van der Waals surface area contributed by atoms with Crippen molar-refractivity contribution in [3.63, 3.8) is 0 Å². The molecule has 1 fully saturated rings. The van der Waals surface area contributed by atoms with Crippen molar-refractivity contribution in [2.24, 2.45) is 5.92 Å². The fourth-order valence-corrected chi connectivity index (χ4v) is 4.19. The van der Waals surface area contributed by atoms with Crippen LogP contribution >= 0.6 is 15.9 Å². The van der Waals surface area contributed by atoms with E-state index in [2.05, 4.69) is 20.7 Å². The van der Waals surface area contributed by atoms with Crippen molar-refractivity contribution in [1.29, 1.82) is 0 Å². The lowest BCUT2D eigenvalue weighted by Gasteiger charge is -2.26. The van der Waals surface area contributed by atoms with Gasteiger partial charge in [-0.1, -0.05) is 0 Å². The maximum absolute atomic E-state index is 12.6. The van der Waals surface area contributed by atoms with Crippen LogP contribution in [0.1, 0.15) is 26.7 Å². The topological polar surface area (TPSA) is 81.4 Å². The zero-order chi connectivity index (χ0) is 15.1. The number of hydrogen-bond donors (Lipinski definition) is 2. The number of ether oxygens (including phenoxy) is 1. The van der Waals surface area contributed by atoms with Gasteiger partial charge in [-0.2, -0.15) is 0 Å². The van der Waals surface area contributed by atoms with Crippen LogP contribution in [-0.2, 0) is 10.0 Å². The summed E-state index contributed by atoms with van der Waals surface area (Å²) in [4.78, 5) is 0.0643. The first-order valence-corrected chi connectivity index (χ1v) is 8.62. The quantitative estimate of drug-likeness (QED) is 0.788. The summed E-state index contributed by atoms with van der Waals surface area (Å²) in [6.45, 7) is 3.80. The standard InChI is InChI=1S/C13H19BrN2O3S/c1-13(2,8-4-5-8)16-20(17,18)12-7-10(15)9(14)6-11(12)19-3/h6-8,16H,4-5,15H2,1-3H3. The number of nitrogen functional groups attached to an aromatic ring is 1. The summed E-state index contributed by atoms with van der Waals surface area (Å²) in [6, 6.07) is 2.97. The van der Waals surface area contributed by atoms with E-state index in [4.69, 9.17) is 10.5 Å². The molecule has 0 heterocycles. The highest BCUT2D eigenvalue weighted by Gasteiger charge is 2.41. The van der Waals surface area contributed by atoms with Gasteiger partial charge in [-0.25, -0.2) is 13.1 Å². The SMILES string of the molecule is COc1cc(Br)c(N)cc1S(=O)(=O)NC(C)(C)C1CC1. The molecule has 1 aromatic rings. The second kappa shape index (κ2) is 5.20. The van der Waals surface area contributed by atoms with Gasteiger partial charge in [0.05, 0.1) is 7.11 Å². The van der Waals surface area contributed by atoms with Crippen molar-refractivity contribution in [1.82, 2.24) is 4.72 Å². The molecule has 2 rings (SSSR count). The Bertz CT molecular complexity index is 625. The molecule has 20 heavy (non-hydrogen) atoms. The zero-order valence-electron chi connectivity index (χ0n) is 11.7. The Balaban J connectivity index is 2.41. The van der Waals surface area contributed by atoms with Gasteiger partial charge in [0.25, 0.3) is 0 Å². The van der Waals surface area contributed by atoms with Crippen molar-refractivity contribution in [3.05, 3.63) is 16.6 Å². The van der Waals surface area contributed by atoms with Gasteiger partial charge in [0.1, 0.15) is 10.6 Å². The van der Waals surface area contributed by atoms with E-state index in [1.165, 1.54) is 13.2 Å². The Kier molecular flexibility index (Phi) is 4.05. The predicted molar refractivity (Wildman–Crippen MR) is 82.2 cm³/mol. The normalized spacial score (nSPS) is 16.2. The molecule has 0 bridgehead atoms. The molecular weight excluding hydrogens is 344 g/mol. The molecule has 0 saturated heterocycles. The van der Waals surface area contributed by atoms with Crippen LogP contribution in [0.5, 0.6) is 5.75 Å². The highest BCUT2D eigenvalue weighted by Crippen LogP contribution is 2.41. The predicted octanol–water partition coefficient (Wildman–Crippen LogP) is 2.51. The van der Waals surface area contributed by atoms with Crippen LogP contribution in [0.25, 0.3) is 0 Å². The zero-order valence-corrected chi connectivity index (χ0v) is 14.1. The lowest BCUT2D eigenvalue weighted by molar-refractivity contribution is 0.389. The van der Waals surface area contributed by atoms with E-state index in [1.54, 1.807) is 6.07 Å². The fraction of sp³-hybridized carbons (Fsp3) is 0.538. The Morgan fingerprint density at radius 2 is 2.00 bits per heavy atom. The second-order valence-electron chi connectivity index (χ2n) is 5.63. The smallest absolute Gasteiger partial charge is 0.244 e. The molecule has 3 N–H and O–H groups in total. The third kappa shape index (κ3) is 3.10. The third-order valence-corrected chi connectivity index (χ3v) is 5.95. The van der Waals surface area contributed by atoms with Crippen molar-refractivity contribution in [2.75, 3.05) is 12.8 Å². The van der Waals surface area contributed by atoms with Gasteiger partial charge in [0, 0.05) is 15.7 Å². The summed E-state index contributed by atoms with van der Waals surface area (Å²) in [5.41, 5.74) is 5.67. The molecule has 0 aliphatic heterocycles. The van der Waals surface area contributed by atoms with E-state index in [0.29, 0.717) is 16.1 Å². The first-order valence-electron chi connectivity index (χ1n) is 6.34. The molecule has 0 atom stereocenters. The summed E-state index contributed by atoms with van der Waals surface area (Å²) >= 11 is 3.26. The van der Waals surface area contributed by atoms with Gasteiger partial charge in [0.15, 0.2) is 0 Å². The molecule has 0 unspecified atom stereocenters. The molecule has 1 aromatic carbocycles. The average Bonchev–Trinajstić information content (AvgIpc) is 3.14. The lowest BCUT2D eigenvalue weighted by Crippen LogP contribution is -2.45. The number of benzene rings is 1. The van der Waals surface area contributed by atoms with E-state index in [9.17, 15) is 8.42 Å². The van der Waals surface area contributed by atoms with Crippen molar-refractivity contribution >= 4 is 31.6 Å². The summed E-state index contributed by atoms with van der Waals surface area (Å²) in [6.07, 6.45) is 2.10. The van der Waals surface area contributed by atoms with Gasteiger partial charge in [-0.3, -0.25) is 0 Å². The van der Waals surface area contributed by atoms with E-state index >= 15 is 0 Å². The summed E-state index contributed by atoms with van der Waals surface area (Å²) in [5.74, 6) is 0.654. The number of anilines is 1. The first kappa shape index (κ1) is 15.6. The van der Waals surface area contributed by atoms with Gasteiger partial charge in [-0.15, -0.1) is 0 Å². The van der Waals surface area contributed by atoms with Crippen LogP contribution in [0.3, 0.4) is 0 Å². The number of halogens is 1. The van der Waals surface area contributed by atoms with Gasteiger partial charge in [0.2, 0.25) is 10.0 Å². The van der Waals surface area contributed by atoms with Crippen LogP contribution in [0, 0.1) is 5.92 Å². The molecule has 1 saturated carbocycles. The highest BCUT2D eigenvalue weighted by atomic mass is 79.9. The molecule has 5 nitrogen and oxygen atoms in total. The molecule has 1 aliphatic rings. The van der Waals surface area contributed by atoms with E-state index in [1.807, 2.05) is 13.8 Å². The number of nitrogens with two attached hydrogens (primary N) is 1. The summed E-state index contributed by atoms with van der Waals surface area (Å²) < 4.78 is 33.6. The van der Waals surface area contributed by atoms with Crippen LogP contribution in [0.15, 0.2) is 21.5 Å². The number of methoxy groups -OCH3 is 1. The maximum Gasteiger partial charge on any atom is 0.244 e. The van der Waals surface area contributed by atoms with Crippen molar-refractivity contribution in [3.8, 4) is 5.75 Å². The van der Waals surface area contributed by atoms with E-state index < -0.39 is 15.6 Å². The maximum atomic E-state index is 12.6. The fourth-order valence-electron chi connectivity index (χ4n) is 2.21. The van der Waals surface area contributed by atoms with Crippen molar-refractivity contribution in [2.45, 2.75) is 37.1 Å². The van der Waals surface area contributed by atoms with E-state index in [-0.39, 0.29) is 10.6 Å². The molecule has 112 valence electrons.